The third-order valence-corrected chi connectivity index (χ3v) is 4.09. The predicted molar refractivity (Wildman–Crippen MR) is 82.3 cm³/mol. The van der Waals surface area contributed by atoms with E-state index in [1.54, 1.807) is 17.1 Å². The highest BCUT2D eigenvalue weighted by atomic mass is 16.5. The van der Waals surface area contributed by atoms with E-state index >= 15 is 0 Å². The first-order valence-electron chi connectivity index (χ1n) is 7.95. The number of carbonyl (C=O) groups is 1. The van der Waals surface area contributed by atoms with Crippen molar-refractivity contribution >= 4 is 5.91 Å². The van der Waals surface area contributed by atoms with Crippen LogP contribution in [0.2, 0.25) is 0 Å². The number of aromatic nitrogens is 4. The summed E-state index contributed by atoms with van der Waals surface area (Å²) in [5.41, 5.74) is 0. The lowest BCUT2D eigenvalue weighted by atomic mass is 9.97. The Morgan fingerprint density at radius 1 is 1.43 bits per heavy atom. The number of nitrogens with zero attached hydrogens (tertiary/aromatic N) is 5. The summed E-state index contributed by atoms with van der Waals surface area (Å²) in [6, 6.07) is 1.81. The van der Waals surface area contributed by atoms with Crippen LogP contribution in [0.15, 0.2) is 23.0 Å². The molecule has 0 aromatic carbocycles. The van der Waals surface area contributed by atoms with E-state index in [2.05, 4.69) is 25.5 Å². The molecule has 8 nitrogen and oxygen atoms in total. The maximum absolute atomic E-state index is 11.9. The number of carbonyl (C=O) groups excluding carboxylic acids is 1. The second kappa shape index (κ2) is 7.36. The Bertz CT molecular complexity index is 616. The summed E-state index contributed by atoms with van der Waals surface area (Å²) >= 11 is 0. The summed E-state index contributed by atoms with van der Waals surface area (Å²) in [4.78, 5) is 18.4. The quantitative estimate of drug-likeness (QED) is 0.839. The SMILES string of the molecule is Cc1noc(CN2CCC(CNC(=O)Cn3cccn3)CC2)n1. The molecule has 0 atom stereocenters. The highest BCUT2D eigenvalue weighted by Crippen LogP contribution is 2.18. The maximum atomic E-state index is 11.9. The fraction of sp³-hybridized carbons (Fsp3) is 0.600. The van der Waals surface area contributed by atoms with Crippen LogP contribution in [0.4, 0.5) is 0 Å². The zero-order valence-corrected chi connectivity index (χ0v) is 13.3. The number of hydrogen-bond acceptors (Lipinski definition) is 6. The summed E-state index contributed by atoms with van der Waals surface area (Å²) in [5.74, 6) is 1.89. The Hall–Kier alpha value is -2.22. The first-order chi connectivity index (χ1) is 11.2. The van der Waals surface area contributed by atoms with E-state index in [0.29, 0.717) is 24.2 Å². The molecular formula is C15H22N6O2. The van der Waals surface area contributed by atoms with Gasteiger partial charge < -0.3 is 9.84 Å². The van der Waals surface area contributed by atoms with Crippen molar-refractivity contribution in [1.82, 2.24) is 30.1 Å². The van der Waals surface area contributed by atoms with Gasteiger partial charge in [-0.3, -0.25) is 14.4 Å². The van der Waals surface area contributed by atoms with Crippen molar-refractivity contribution < 1.29 is 9.32 Å². The minimum Gasteiger partial charge on any atom is -0.354 e. The van der Waals surface area contributed by atoms with Gasteiger partial charge in [-0.15, -0.1) is 0 Å². The molecule has 0 saturated carbocycles. The molecule has 1 aliphatic heterocycles. The molecule has 0 bridgehead atoms. The summed E-state index contributed by atoms with van der Waals surface area (Å²) in [5, 5.41) is 10.8. The maximum Gasteiger partial charge on any atom is 0.241 e. The van der Waals surface area contributed by atoms with Crippen LogP contribution >= 0.6 is 0 Å². The molecule has 0 spiro atoms. The summed E-state index contributed by atoms with van der Waals surface area (Å²) < 4.78 is 6.78. The topological polar surface area (TPSA) is 89.1 Å². The van der Waals surface area contributed by atoms with Gasteiger partial charge in [0.25, 0.3) is 0 Å². The Labute approximate surface area is 134 Å². The smallest absolute Gasteiger partial charge is 0.241 e. The first-order valence-corrected chi connectivity index (χ1v) is 7.95. The average molecular weight is 318 g/mol. The minimum absolute atomic E-state index is 0.0115. The molecule has 2 aromatic rings. The molecule has 2 aromatic heterocycles. The Balaban J connectivity index is 1.35. The van der Waals surface area contributed by atoms with E-state index in [4.69, 9.17) is 4.52 Å². The van der Waals surface area contributed by atoms with Crippen molar-refractivity contribution in [3.8, 4) is 0 Å². The molecule has 1 N–H and O–H groups in total. The van der Waals surface area contributed by atoms with Gasteiger partial charge in [0.1, 0.15) is 6.54 Å². The fourth-order valence-electron chi connectivity index (χ4n) is 2.80. The molecule has 0 aliphatic carbocycles. The second-order valence-electron chi connectivity index (χ2n) is 5.96. The summed E-state index contributed by atoms with van der Waals surface area (Å²) in [6.07, 6.45) is 5.59. The molecular weight excluding hydrogens is 296 g/mol. The van der Waals surface area contributed by atoms with Crippen LogP contribution in [0, 0.1) is 12.8 Å². The van der Waals surface area contributed by atoms with Gasteiger partial charge in [0.05, 0.1) is 6.54 Å². The minimum atomic E-state index is 0.0115. The van der Waals surface area contributed by atoms with Crippen LogP contribution in [0.5, 0.6) is 0 Å². The zero-order valence-electron chi connectivity index (χ0n) is 13.3. The van der Waals surface area contributed by atoms with E-state index in [1.807, 2.05) is 13.0 Å². The first kappa shape index (κ1) is 15.7. The molecule has 3 rings (SSSR count). The van der Waals surface area contributed by atoms with E-state index in [9.17, 15) is 4.79 Å². The van der Waals surface area contributed by atoms with Crippen LogP contribution < -0.4 is 5.32 Å². The van der Waals surface area contributed by atoms with Crippen molar-refractivity contribution in [2.75, 3.05) is 19.6 Å². The van der Waals surface area contributed by atoms with Crippen LogP contribution in [0.25, 0.3) is 0 Å². The molecule has 1 fully saturated rings. The third-order valence-electron chi connectivity index (χ3n) is 4.09. The Morgan fingerprint density at radius 3 is 2.91 bits per heavy atom. The number of likely N-dealkylation sites (tertiary alicyclic amines) is 1. The standard InChI is InChI=1S/C15H22N6O2/c1-12-18-15(23-19-12)11-20-7-3-13(4-8-20)9-16-14(22)10-21-6-2-5-17-21/h2,5-6,13H,3-4,7-11H2,1H3,(H,16,22). The molecule has 23 heavy (non-hydrogen) atoms. The summed E-state index contributed by atoms with van der Waals surface area (Å²) in [7, 11) is 0. The third kappa shape index (κ3) is 4.62. The monoisotopic (exact) mass is 318 g/mol. The highest BCUT2D eigenvalue weighted by Gasteiger charge is 2.21. The number of aryl methyl sites for hydroxylation is 1. The molecule has 8 heteroatoms. The Morgan fingerprint density at radius 2 is 2.26 bits per heavy atom. The normalized spacial score (nSPS) is 16.6. The summed E-state index contributed by atoms with van der Waals surface area (Å²) in [6.45, 7) is 5.52. The lowest BCUT2D eigenvalue weighted by Crippen LogP contribution is -2.39. The molecule has 124 valence electrons. The average Bonchev–Trinajstić information content (AvgIpc) is 3.18. The van der Waals surface area contributed by atoms with Crippen molar-refractivity contribution in [1.29, 1.82) is 0 Å². The number of rotatable bonds is 6. The van der Waals surface area contributed by atoms with Gasteiger partial charge in [0.2, 0.25) is 11.8 Å². The van der Waals surface area contributed by atoms with Crippen LogP contribution in [-0.2, 0) is 17.9 Å². The van der Waals surface area contributed by atoms with Crippen molar-refractivity contribution in [2.24, 2.45) is 5.92 Å². The molecule has 1 saturated heterocycles. The molecule has 3 heterocycles. The van der Waals surface area contributed by atoms with Crippen molar-refractivity contribution in [3.05, 3.63) is 30.2 Å². The van der Waals surface area contributed by atoms with Gasteiger partial charge in [0, 0.05) is 18.9 Å². The van der Waals surface area contributed by atoms with E-state index in [0.717, 1.165) is 32.5 Å². The Kier molecular flexibility index (Phi) is 5.02. The van der Waals surface area contributed by atoms with E-state index in [1.165, 1.54) is 0 Å². The van der Waals surface area contributed by atoms with Crippen LogP contribution in [-0.4, -0.2) is 50.4 Å². The van der Waals surface area contributed by atoms with Gasteiger partial charge in [-0.25, -0.2) is 0 Å². The van der Waals surface area contributed by atoms with Gasteiger partial charge in [-0.1, -0.05) is 5.16 Å². The number of amides is 1. The van der Waals surface area contributed by atoms with Crippen molar-refractivity contribution in [3.63, 3.8) is 0 Å². The zero-order chi connectivity index (χ0) is 16.1. The number of nitrogens with one attached hydrogen (secondary N) is 1. The van der Waals surface area contributed by atoms with E-state index in [-0.39, 0.29) is 12.5 Å². The highest BCUT2D eigenvalue weighted by molar-refractivity contribution is 5.75. The van der Waals surface area contributed by atoms with Crippen molar-refractivity contribution in [2.45, 2.75) is 32.9 Å². The van der Waals surface area contributed by atoms with Crippen LogP contribution in [0.1, 0.15) is 24.6 Å². The molecule has 1 aliphatic rings. The second-order valence-corrected chi connectivity index (χ2v) is 5.96. The lowest BCUT2D eigenvalue weighted by Gasteiger charge is -2.30. The molecule has 1 amide bonds. The molecule has 0 unspecified atom stereocenters. The molecule has 0 radical (unpaired) electrons. The largest absolute Gasteiger partial charge is 0.354 e. The number of piperidine rings is 1. The van der Waals surface area contributed by atoms with Gasteiger partial charge >= 0.3 is 0 Å². The fourth-order valence-corrected chi connectivity index (χ4v) is 2.80. The van der Waals surface area contributed by atoms with Gasteiger partial charge in [-0.2, -0.15) is 10.1 Å². The lowest BCUT2D eigenvalue weighted by molar-refractivity contribution is -0.122. The van der Waals surface area contributed by atoms with Crippen LogP contribution in [0.3, 0.4) is 0 Å². The van der Waals surface area contributed by atoms with Gasteiger partial charge in [0.15, 0.2) is 5.82 Å². The van der Waals surface area contributed by atoms with E-state index < -0.39 is 0 Å². The predicted octanol–water partition coefficient (Wildman–Crippen LogP) is 0.603. The van der Waals surface area contributed by atoms with Gasteiger partial charge in [-0.05, 0) is 44.8 Å². The number of hydrogen-bond donors (Lipinski definition) is 1.